The van der Waals surface area contributed by atoms with Crippen molar-refractivity contribution in [1.29, 1.82) is 0 Å². The Hall–Kier alpha value is -3.60. The highest BCUT2D eigenvalue weighted by molar-refractivity contribution is 5.76. The van der Waals surface area contributed by atoms with Crippen LogP contribution in [0.2, 0.25) is 0 Å². The van der Waals surface area contributed by atoms with E-state index in [2.05, 4.69) is 38.2 Å². The summed E-state index contributed by atoms with van der Waals surface area (Å²) in [5, 5.41) is 9.66. The molecule has 2 rings (SSSR count). The minimum Gasteiger partial charge on any atom is -0.508 e. The number of hydrogen-bond acceptors (Lipinski definition) is 5. The number of carbonyl (C=O) groups excluding carboxylic acids is 2. The Kier molecular flexibility index (Phi) is 36.3. The van der Waals surface area contributed by atoms with E-state index in [4.69, 9.17) is 9.47 Å². The molecule has 0 atom stereocenters. The number of carbonyl (C=O) groups is 2. The standard InChI is InChI=1S/C58H92O5/c1-3-5-7-9-11-13-15-17-19-21-23-25-27-29-31-33-35-37-39-41-57(60)62-55-49-53(44-43-52-45-47-54(59)48-46-52)50-56(51-55)63-58(61)42-40-38-36-34-32-30-28-26-24-22-20-18-16-14-12-10-8-6-4-2/h17-20,43-51,59H,3-16,21-42H2,1-2H3/b19-17-,20-18-,44-43?. The van der Waals surface area contributed by atoms with E-state index in [1.54, 1.807) is 30.3 Å². The van der Waals surface area contributed by atoms with Crippen LogP contribution in [0.15, 0.2) is 66.8 Å². The number of aromatic hydroxyl groups is 1. The van der Waals surface area contributed by atoms with Crippen molar-refractivity contribution in [1.82, 2.24) is 0 Å². The predicted molar refractivity (Wildman–Crippen MR) is 271 cm³/mol. The van der Waals surface area contributed by atoms with Gasteiger partial charge in [-0.15, -0.1) is 0 Å². The highest BCUT2D eigenvalue weighted by Gasteiger charge is 2.11. The molecule has 2 aromatic carbocycles. The molecule has 0 heterocycles. The average Bonchev–Trinajstić information content (AvgIpc) is 3.27. The Bertz CT molecular complexity index is 1390. The lowest BCUT2D eigenvalue weighted by atomic mass is 10.1. The van der Waals surface area contributed by atoms with E-state index in [-0.39, 0.29) is 17.7 Å². The molecule has 0 radical (unpaired) electrons. The van der Waals surface area contributed by atoms with E-state index in [1.165, 1.54) is 180 Å². The Morgan fingerprint density at radius 1 is 0.397 bits per heavy atom. The topological polar surface area (TPSA) is 72.8 Å². The van der Waals surface area contributed by atoms with Crippen LogP contribution < -0.4 is 9.47 Å². The highest BCUT2D eigenvalue weighted by Crippen LogP contribution is 2.26. The van der Waals surface area contributed by atoms with Crippen LogP contribution in [0.4, 0.5) is 0 Å². The molecule has 0 aliphatic heterocycles. The Balaban J connectivity index is 1.61. The minimum absolute atomic E-state index is 0.210. The Morgan fingerprint density at radius 3 is 1.05 bits per heavy atom. The zero-order chi connectivity index (χ0) is 45.1. The van der Waals surface area contributed by atoms with Crippen molar-refractivity contribution in [2.45, 2.75) is 245 Å². The predicted octanol–water partition coefficient (Wildman–Crippen LogP) is 18.6. The third-order valence-corrected chi connectivity index (χ3v) is 12.0. The summed E-state index contributed by atoms with van der Waals surface area (Å²) in [5.41, 5.74) is 1.67. The van der Waals surface area contributed by atoms with Gasteiger partial charge in [0.2, 0.25) is 0 Å². The second kappa shape index (κ2) is 41.1. The molecule has 5 heteroatoms. The van der Waals surface area contributed by atoms with Gasteiger partial charge < -0.3 is 14.6 Å². The van der Waals surface area contributed by atoms with Crippen LogP contribution in [0.5, 0.6) is 17.2 Å². The van der Waals surface area contributed by atoms with Crippen molar-refractivity contribution >= 4 is 24.1 Å². The number of phenols is 1. The van der Waals surface area contributed by atoms with E-state index >= 15 is 0 Å². The van der Waals surface area contributed by atoms with Gasteiger partial charge >= 0.3 is 11.9 Å². The van der Waals surface area contributed by atoms with Crippen LogP contribution in [0.1, 0.15) is 256 Å². The average molecular weight is 869 g/mol. The molecule has 1 N–H and O–H groups in total. The second-order valence-corrected chi connectivity index (χ2v) is 18.1. The van der Waals surface area contributed by atoms with Gasteiger partial charge in [0.05, 0.1) is 0 Å². The summed E-state index contributed by atoms with van der Waals surface area (Å²) in [5.74, 6) is 0.438. The first kappa shape index (κ1) is 55.5. The van der Waals surface area contributed by atoms with Crippen molar-refractivity contribution in [2.24, 2.45) is 0 Å². The third kappa shape index (κ3) is 34.5. The molecular formula is C58H92O5. The molecular weight excluding hydrogens is 777 g/mol. The van der Waals surface area contributed by atoms with Gasteiger partial charge in [-0.25, -0.2) is 0 Å². The summed E-state index contributed by atoms with van der Waals surface area (Å²) in [4.78, 5) is 25.7. The molecule has 0 saturated carbocycles. The second-order valence-electron chi connectivity index (χ2n) is 18.1. The summed E-state index contributed by atoms with van der Waals surface area (Å²) in [7, 11) is 0. The van der Waals surface area contributed by atoms with Crippen molar-refractivity contribution in [3.05, 3.63) is 77.9 Å². The molecule has 63 heavy (non-hydrogen) atoms. The first-order chi connectivity index (χ1) is 31.0. The number of unbranched alkanes of at least 4 members (excludes halogenated alkanes) is 30. The fourth-order valence-corrected chi connectivity index (χ4v) is 8.05. The van der Waals surface area contributed by atoms with E-state index in [1.807, 2.05) is 24.3 Å². The number of benzene rings is 2. The smallest absolute Gasteiger partial charge is 0.311 e. The van der Waals surface area contributed by atoms with Crippen molar-refractivity contribution in [3.8, 4) is 17.2 Å². The number of esters is 2. The number of hydrogen-bond donors (Lipinski definition) is 1. The summed E-state index contributed by atoms with van der Waals surface area (Å²) in [6.45, 7) is 4.55. The van der Waals surface area contributed by atoms with Crippen LogP contribution >= 0.6 is 0 Å². The molecule has 0 unspecified atom stereocenters. The molecule has 5 nitrogen and oxygen atoms in total. The minimum atomic E-state index is -0.265. The molecule has 0 spiro atoms. The van der Waals surface area contributed by atoms with Crippen molar-refractivity contribution in [2.75, 3.05) is 0 Å². The van der Waals surface area contributed by atoms with Crippen molar-refractivity contribution in [3.63, 3.8) is 0 Å². The normalized spacial score (nSPS) is 11.7. The van der Waals surface area contributed by atoms with E-state index in [0.29, 0.717) is 24.3 Å². The molecule has 0 saturated heterocycles. The van der Waals surface area contributed by atoms with E-state index < -0.39 is 0 Å². The quantitative estimate of drug-likeness (QED) is 0.0237. The number of allylic oxidation sites excluding steroid dienone is 4. The third-order valence-electron chi connectivity index (χ3n) is 12.0. The van der Waals surface area contributed by atoms with Gasteiger partial charge in [0.15, 0.2) is 0 Å². The van der Waals surface area contributed by atoms with Crippen molar-refractivity contribution < 1.29 is 24.2 Å². The first-order valence-corrected chi connectivity index (χ1v) is 26.3. The van der Waals surface area contributed by atoms with Crippen LogP contribution in [0.3, 0.4) is 0 Å². The molecule has 0 aliphatic rings. The van der Waals surface area contributed by atoms with Gasteiger partial charge in [-0.3, -0.25) is 9.59 Å². The number of phenolic OH excluding ortho intramolecular Hbond substituents is 1. The van der Waals surface area contributed by atoms with Gasteiger partial charge in [-0.1, -0.05) is 217 Å². The summed E-state index contributed by atoms with van der Waals surface area (Å²) >= 11 is 0. The maximum atomic E-state index is 12.9. The lowest BCUT2D eigenvalue weighted by molar-refractivity contribution is -0.135. The highest BCUT2D eigenvalue weighted by atomic mass is 16.5. The van der Waals surface area contributed by atoms with Crippen LogP contribution in [0.25, 0.3) is 12.2 Å². The van der Waals surface area contributed by atoms with Crippen LogP contribution in [-0.4, -0.2) is 17.0 Å². The molecule has 354 valence electrons. The molecule has 0 fully saturated rings. The fraction of sp³-hybridized carbons (Fsp3) is 0.655. The largest absolute Gasteiger partial charge is 0.508 e. The molecule has 2 aromatic rings. The Labute approximate surface area is 387 Å². The van der Waals surface area contributed by atoms with Gasteiger partial charge in [-0.05, 0) is 99.6 Å². The zero-order valence-corrected chi connectivity index (χ0v) is 40.5. The monoisotopic (exact) mass is 869 g/mol. The van der Waals surface area contributed by atoms with Crippen LogP contribution in [-0.2, 0) is 9.59 Å². The maximum absolute atomic E-state index is 12.9. The lowest BCUT2D eigenvalue weighted by Gasteiger charge is -2.10. The van der Waals surface area contributed by atoms with Gasteiger partial charge in [0, 0.05) is 18.9 Å². The summed E-state index contributed by atoms with van der Waals surface area (Å²) in [6, 6.07) is 12.2. The summed E-state index contributed by atoms with van der Waals surface area (Å²) < 4.78 is 11.6. The van der Waals surface area contributed by atoms with E-state index in [0.717, 1.165) is 49.7 Å². The molecule has 0 aromatic heterocycles. The van der Waals surface area contributed by atoms with Crippen LogP contribution in [0, 0.1) is 0 Å². The number of ether oxygens (including phenoxy) is 2. The Morgan fingerprint density at radius 2 is 0.698 bits per heavy atom. The molecule has 0 aliphatic carbocycles. The fourth-order valence-electron chi connectivity index (χ4n) is 8.05. The van der Waals surface area contributed by atoms with E-state index in [9.17, 15) is 14.7 Å². The molecule has 0 amide bonds. The molecule has 0 bridgehead atoms. The zero-order valence-electron chi connectivity index (χ0n) is 40.5. The first-order valence-electron chi connectivity index (χ1n) is 26.3. The van der Waals surface area contributed by atoms with Gasteiger partial charge in [-0.2, -0.15) is 0 Å². The summed E-state index contributed by atoms with van der Waals surface area (Å²) in [6.07, 6.45) is 56.9. The maximum Gasteiger partial charge on any atom is 0.311 e. The lowest BCUT2D eigenvalue weighted by Crippen LogP contribution is -2.10. The van der Waals surface area contributed by atoms with Gasteiger partial charge in [0.1, 0.15) is 17.2 Å². The SMILES string of the molecule is CCCCCCCC/C=C\CCCCCCCCCCCC(=O)Oc1cc(C=Cc2ccc(O)cc2)cc(OC(=O)CCCCCCCCCCC/C=C\CCCCCCCC)c1. The van der Waals surface area contributed by atoms with Gasteiger partial charge in [0.25, 0.3) is 0 Å². The number of rotatable bonds is 42.